The highest BCUT2D eigenvalue weighted by Gasteiger charge is 2.52. The SMILES string of the molecule is O=C(O)[C@@H]1CC2(CN1C(=O)Cc1ccc(-c3ccc(I)cc3F)cc1)OCCO2. The molecule has 2 aromatic rings. The van der Waals surface area contributed by atoms with Gasteiger partial charge in [0, 0.05) is 15.6 Å². The second-order valence-corrected chi connectivity index (χ2v) is 8.43. The van der Waals surface area contributed by atoms with Crippen LogP contribution in [-0.4, -0.2) is 53.5 Å². The van der Waals surface area contributed by atoms with Crippen LogP contribution < -0.4 is 0 Å². The first-order chi connectivity index (χ1) is 13.9. The van der Waals surface area contributed by atoms with Gasteiger partial charge in [-0.05, 0) is 45.9 Å². The van der Waals surface area contributed by atoms with E-state index in [2.05, 4.69) is 22.6 Å². The molecule has 1 amide bonds. The van der Waals surface area contributed by atoms with Gasteiger partial charge in [0.25, 0.3) is 0 Å². The molecule has 8 heteroatoms. The van der Waals surface area contributed by atoms with Crippen molar-refractivity contribution in [2.75, 3.05) is 19.8 Å². The first-order valence-corrected chi connectivity index (χ1v) is 10.3. The minimum Gasteiger partial charge on any atom is -0.480 e. The van der Waals surface area contributed by atoms with Gasteiger partial charge in [-0.1, -0.05) is 30.3 Å². The molecule has 0 bridgehead atoms. The molecule has 152 valence electrons. The molecule has 0 saturated carbocycles. The average molecular weight is 511 g/mol. The van der Waals surface area contributed by atoms with E-state index in [1.807, 2.05) is 6.07 Å². The Bertz CT molecular complexity index is 943. The fourth-order valence-electron chi connectivity index (χ4n) is 3.83. The zero-order valence-electron chi connectivity index (χ0n) is 15.4. The molecule has 2 heterocycles. The molecule has 2 saturated heterocycles. The number of halogens is 2. The molecule has 1 atom stereocenters. The largest absolute Gasteiger partial charge is 0.480 e. The normalized spacial score (nSPS) is 20.3. The molecule has 0 unspecified atom stereocenters. The van der Waals surface area contributed by atoms with E-state index in [-0.39, 0.29) is 31.1 Å². The zero-order chi connectivity index (χ0) is 20.6. The Kier molecular flexibility index (Phi) is 5.58. The lowest BCUT2D eigenvalue weighted by atomic mass is 10.0. The molecule has 4 rings (SSSR count). The molecule has 1 N–H and O–H groups in total. The summed E-state index contributed by atoms with van der Waals surface area (Å²) < 4.78 is 26.1. The van der Waals surface area contributed by atoms with Crippen molar-refractivity contribution in [1.29, 1.82) is 0 Å². The van der Waals surface area contributed by atoms with Crippen molar-refractivity contribution in [2.24, 2.45) is 0 Å². The van der Waals surface area contributed by atoms with Crippen LogP contribution in [0.25, 0.3) is 11.1 Å². The fraction of sp³-hybridized carbons (Fsp3) is 0.333. The van der Waals surface area contributed by atoms with Crippen molar-refractivity contribution in [3.05, 3.63) is 57.4 Å². The molecule has 0 aliphatic carbocycles. The zero-order valence-corrected chi connectivity index (χ0v) is 17.6. The number of hydrogen-bond donors (Lipinski definition) is 1. The predicted octanol–water partition coefficient (Wildman–Crippen LogP) is 3.07. The summed E-state index contributed by atoms with van der Waals surface area (Å²) >= 11 is 2.05. The smallest absolute Gasteiger partial charge is 0.326 e. The van der Waals surface area contributed by atoms with Gasteiger partial charge in [-0.2, -0.15) is 0 Å². The van der Waals surface area contributed by atoms with E-state index < -0.39 is 17.8 Å². The Morgan fingerprint density at radius 2 is 1.86 bits per heavy atom. The van der Waals surface area contributed by atoms with Gasteiger partial charge in [0.15, 0.2) is 5.79 Å². The van der Waals surface area contributed by atoms with Crippen molar-refractivity contribution in [2.45, 2.75) is 24.7 Å². The molecule has 6 nitrogen and oxygen atoms in total. The second-order valence-electron chi connectivity index (χ2n) is 7.19. The van der Waals surface area contributed by atoms with Crippen LogP contribution in [0.5, 0.6) is 0 Å². The maximum absolute atomic E-state index is 14.2. The van der Waals surface area contributed by atoms with E-state index in [0.29, 0.717) is 24.3 Å². The molecule has 0 aromatic heterocycles. The first kappa shape index (κ1) is 20.2. The lowest BCUT2D eigenvalue weighted by Gasteiger charge is -2.23. The van der Waals surface area contributed by atoms with Gasteiger partial charge in [-0.15, -0.1) is 0 Å². The number of benzene rings is 2. The summed E-state index contributed by atoms with van der Waals surface area (Å²) in [4.78, 5) is 25.8. The van der Waals surface area contributed by atoms with Crippen LogP contribution in [0.15, 0.2) is 42.5 Å². The fourth-order valence-corrected chi connectivity index (χ4v) is 4.28. The van der Waals surface area contributed by atoms with Crippen molar-refractivity contribution >= 4 is 34.5 Å². The number of carboxylic acid groups (broad SMARTS) is 1. The molecular weight excluding hydrogens is 492 g/mol. The van der Waals surface area contributed by atoms with E-state index in [0.717, 1.165) is 9.13 Å². The Balaban J connectivity index is 1.48. The van der Waals surface area contributed by atoms with E-state index in [1.165, 1.54) is 11.0 Å². The Hall–Kier alpha value is -2.04. The minimum atomic E-state index is -1.07. The van der Waals surface area contributed by atoms with E-state index in [9.17, 15) is 19.1 Å². The highest BCUT2D eigenvalue weighted by molar-refractivity contribution is 14.1. The van der Waals surface area contributed by atoms with Crippen molar-refractivity contribution in [3.8, 4) is 11.1 Å². The van der Waals surface area contributed by atoms with Crippen LogP contribution >= 0.6 is 22.6 Å². The monoisotopic (exact) mass is 511 g/mol. The molecule has 2 aliphatic rings. The van der Waals surface area contributed by atoms with Crippen LogP contribution in [0.2, 0.25) is 0 Å². The first-order valence-electron chi connectivity index (χ1n) is 9.21. The number of carboxylic acids is 1. The number of hydrogen-bond acceptors (Lipinski definition) is 4. The average Bonchev–Trinajstić information content (AvgIpc) is 3.30. The maximum Gasteiger partial charge on any atom is 0.326 e. The summed E-state index contributed by atoms with van der Waals surface area (Å²) in [5, 5.41) is 9.51. The van der Waals surface area contributed by atoms with Gasteiger partial charge in [-0.3, -0.25) is 4.79 Å². The molecule has 2 aromatic carbocycles. The van der Waals surface area contributed by atoms with Crippen molar-refractivity contribution < 1.29 is 28.6 Å². The van der Waals surface area contributed by atoms with E-state index in [4.69, 9.17) is 9.47 Å². The highest BCUT2D eigenvalue weighted by Crippen LogP contribution is 2.35. The second kappa shape index (κ2) is 8.00. The van der Waals surface area contributed by atoms with Crippen LogP contribution in [0.4, 0.5) is 4.39 Å². The van der Waals surface area contributed by atoms with E-state index in [1.54, 1.807) is 30.3 Å². The summed E-state index contributed by atoms with van der Waals surface area (Å²) in [6.07, 6.45) is 0.175. The molecule has 2 aliphatic heterocycles. The lowest BCUT2D eigenvalue weighted by molar-refractivity contribution is -0.152. The molecule has 2 fully saturated rings. The van der Waals surface area contributed by atoms with Crippen molar-refractivity contribution in [1.82, 2.24) is 4.90 Å². The summed E-state index contributed by atoms with van der Waals surface area (Å²) in [7, 11) is 0. The standard InChI is InChI=1S/C21H19FINO5/c22-17-10-15(23)5-6-16(17)14-3-1-13(2-4-14)9-19(25)24-12-21(28-7-8-29-21)11-18(24)20(26)27/h1-6,10,18H,7-9,11-12H2,(H,26,27)/t18-/m0/s1. The van der Waals surface area contributed by atoms with Gasteiger partial charge in [0.2, 0.25) is 5.91 Å². The summed E-state index contributed by atoms with van der Waals surface area (Å²) in [6, 6.07) is 11.1. The van der Waals surface area contributed by atoms with Crippen LogP contribution in [0.1, 0.15) is 12.0 Å². The third kappa shape index (κ3) is 4.15. The maximum atomic E-state index is 14.2. The quantitative estimate of drug-likeness (QED) is 0.639. The molecule has 0 radical (unpaired) electrons. The number of ether oxygens (including phenoxy) is 2. The number of likely N-dealkylation sites (tertiary alicyclic amines) is 1. The van der Waals surface area contributed by atoms with Crippen LogP contribution in [0.3, 0.4) is 0 Å². The van der Waals surface area contributed by atoms with Gasteiger partial charge < -0.3 is 19.5 Å². The van der Waals surface area contributed by atoms with Gasteiger partial charge in [0.1, 0.15) is 11.9 Å². The van der Waals surface area contributed by atoms with Crippen LogP contribution in [0, 0.1) is 9.39 Å². The van der Waals surface area contributed by atoms with Gasteiger partial charge in [0.05, 0.1) is 26.2 Å². The van der Waals surface area contributed by atoms with Gasteiger partial charge in [-0.25, -0.2) is 9.18 Å². The lowest BCUT2D eigenvalue weighted by Crippen LogP contribution is -2.42. The number of rotatable bonds is 4. The van der Waals surface area contributed by atoms with Gasteiger partial charge >= 0.3 is 5.97 Å². The highest BCUT2D eigenvalue weighted by atomic mass is 127. The minimum absolute atomic E-state index is 0.0509. The summed E-state index contributed by atoms with van der Waals surface area (Å²) in [5.74, 6) is -2.69. The Labute approximate surface area is 180 Å². The Morgan fingerprint density at radius 1 is 1.17 bits per heavy atom. The third-order valence-electron chi connectivity index (χ3n) is 5.26. The predicted molar refractivity (Wildman–Crippen MR) is 111 cm³/mol. The molecule has 29 heavy (non-hydrogen) atoms. The number of amides is 1. The number of nitrogens with zero attached hydrogens (tertiary/aromatic N) is 1. The number of aliphatic carboxylic acids is 1. The van der Waals surface area contributed by atoms with E-state index >= 15 is 0 Å². The van der Waals surface area contributed by atoms with Crippen molar-refractivity contribution in [3.63, 3.8) is 0 Å². The third-order valence-corrected chi connectivity index (χ3v) is 5.93. The molecular formula is C21H19FINO5. The topological polar surface area (TPSA) is 76.1 Å². The van der Waals surface area contributed by atoms with Crippen LogP contribution in [-0.2, 0) is 25.5 Å². The summed E-state index contributed by atoms with van der Waals surface area (Å²) in [5.41, 5.74) is 1.93. The number of carbonyl (C=O) groups is 2. The molecule has 1 spiro atoms. The Morgan fingerprint density at radius 3 is 2.48 bits per heavy atom. The number of carbonyl (C=O) groups excluding carboxylic acids is 1. The summed E-state index contributed by atoms with van der Waals surface area (Å²) in [6.45, 7) is 0.893.